The number of amides is 2. The van der Waals surface area contributed by atoms with Gasteiger partial charge in [0.2, 0.25) is 5.91 Å². The van der Waals surface area contributed by atoms with Crippen molar-refractivity contribution in [2.75, 3.05) is 19.7 Å². The van der Waals surface area contributed by atoms with Gasteiger partial charge in [0.05, 0.1) is 11.0 Å². The number of benzene rings is 2. The number of nitrogens with zero attached hydrogens (tertiary/aromatic N) is 2. The van der Waals surface area contributed by atoms with E-state index in [1.165, 1.54) is 4.90 Å². The SMILES string of the molecule is CC(C)(/C=C/c1cccc(-c2nc3ccccc3[nH]c2=O)c1)COC(=O)NCC(=O)N1CCCC1C(=O)O.CC(C)C. The highest BCUT2D eigenvalue weighted by Gasteiger charge is 2.33. The number of carboxylic acid groups (broad SMARTS) is 1. The third-order valence-electron chi connectivity index (χ3n) is 6.30. The van der Waals surface area contributed by atoms with Crippen molar-refractivity contribution in [3.8, 4) is 11.3 Å². The van der Waals surface area contributed by atoms with Gasteiger partial charge in [0, 0.05) is 17.5 Å². The summed E-state index contributed by atoms with van der Waals surface area (Å²) in [5.74, 6) is -0.663. The maximum atomic E-state index is 12.6. The normalized spacial score (nSPS) is 15.0. The number of ether oxygens (including phenoxy) is 1. The zero-order valence-corrected chi connectivity index (χ0v) is 24.8. The van der Waals surface area contributed by atoms with Crippen molar-refractivity contribution < 1.29 is 24.2 Å². The Morgan fingerprint density at radius 3 is 2.60 bits per heavy atom. The van der Waals surface area contributed by atoms with Crippen molar-refractivity contribution >= 4 is 35.1 Å². The number of carbonyl (C=O) groups excluding carboxylic acids is 2. The predicted octanol–water partition coefficient (Wildman–Crippen LogP) is 5.09. The number of nitrogens with one attached hydrogen (secondary N) is 2. The Morgan fingerprint density at radius 2 is 1.88 bits per heavy atom. The molecule has 0 radical (unpaired) electrons. The first kappa shape index (κ1) is 32.0. The van der Waals surface area contributed by atoms with Crippen LogP contribution in [-0.2, 0) is 14.3 Å². The van der Waals surface area contributed by atoms with Gasteiger partial charge in [-0.3, -0.25) is 9.59 Å². The van der Waals surface area contributed by atoms with Gasteiger partial charge in [-0.1, -0.05) is 77.1 Å². The van der Waals surface area contributed by atoms with Gasteiger partial charge >= 0.3 is 12.1 Å². The molecular formula is C32H40N4O6. The molecule has 2 amide bonds. The second-order valence-electron chi connectivity index (χ2n) is 11.6. The van der Waals surface area contributed by atoms with Crippen LogP contribution in [0.4, 0.5) is 4.79 Å². The van der Waals surface area contributed by atoms with Crippen LogP contribution in [0.1, 0.15) is 53.0 Å². The molecule has 10 nitrogen and oxygen atoms in total. The standard InChI is InChI=1S/C28H30N4O6.C4H10/c1-28(2,17-38-27(37)29-16-23(33)32-14-6-11-22(32)26(35)36)13-12-18-7-5-8-19(15-18)24-25(34)31-21-10-4-3-9-20(21)30-24;1-4(2)3/h3-5,7-10,12-13,15,22H,6,11,14,16-17H2,1-2H3,(H,29,37)(H,31,34)(H,35,36);4H,1-3H3/b13-12+;. The molecule has 42 heavy (non-hydrogen) atoms. The second kappa shape index (κ2) is 14.4. The van der Waals surface area contributed by atoms with Crippen molar-refractivity contribution in [2.24, 2.45) is 11.3 Å². The molecule has 4 rings (SSSR count). The number of hydrogen-bond acceptors (Lipinski definition) is 6. The maximum absolute atomic E-state index is 12.6. The summed E-state index contributed by atoms with van der Waals surface area (Å²) in [6, 6.07) is 13.9. The molecule has 1 fully saturated rings. The summed E-state index contributed by atoms with van der Waals surface area (Å²) < 4.78 is 5.29. The van der Waals surface area contributed by atoms with E-state index in [9.17, 15) is 24.3 Å². The molecule has 1 aliphatic heterocycles. The van der Waals surface area contributed by atoms with E-state index in [0.717, 1.165) is 11.5 Å². The zero-order valence-electron chi connectivity index (χ0n) is 24.8. The first-order chi connectivity index (χ1) is 19.9. The Kier molecular flexibility index (Phi) is 11.0. The minimum Gasteiger partial charge on any atom is -0.480 e. The number of hydrogen-bond donors (Lipinski definition) is 3. The van der Waals surface area contributed by atoms with E-state index >= 15 is 0 Å². The Hall–Kier alpha value is -4.47. The lowest BCUT2D eigenvalue weighted by Gasteiger charge is -2.22. The first-order valence-corrected chi connectivity index (χ1v) is 14.1. The predicted molar refractivity (Wildman–Crippen MR) is 163 cm³/mol. The molecule has 1 saturated heterocycles. The zero-order chi connectivity index (χ0) is 30.9. The van der Waals surface area contributed by atoms with E-state index in [1.807, 2.05) is 68.5 Å². The number of aliphatic carboxylic acids is 1. The molecule has 1 atom stereocenters. The number of likely N-dealkylation sites (tertiary alicyclic amines) is 1. The summed E-state index contributed by atoms with van der Waals surface area (Å²) >= 11 is 0. The highest BCUT2D eigenvalue weighted by molar-refractivity contribution is 5.87. The number of para-hydroxylation sites is 2. The monoisotopic (exact) mass is 576 g/mol. The quantitative estimate of drug-likeness (QED) is 0.339. The third kappa shape index (κ3) is 9.29. The van der Waals surface area contributed by atoms with Crippen LogP contribution in [0.2, 0.25) is 0 Å². The minimum atomic E-state index is -1.04. The second-order valence-corrected chi connectivity index (χ2v) is 11.6. The largest absolute Gasteiger partial charge is 0.480 e. The fraction of sp³-hybridized carbons (Fsp3) is 0.406. The summed E-state index contributed by atoms with van der Waals surface area (Å²) in [4.78, 5) is 56.9. The summed E-state index contributed by atoms with van der Waals surface area (Å²) in [6.45, 7) is 10.4. The van der Waals surface area contributed by atoms with Crippen LogP contribution in [0.5, 0.6) is 0 Å². The smallest absolute Gasteiger partial charge is 0.407 e. The summed E-state index contributed by atoms with van der Waals surface area (Å²) in [5, 5.41) is 11.6. The Labute approximate surface area is 245 Å². The number of fused-ring (bicyclic) bond motifs is 1. The molecule has 2 aromatic carbocycles. The Morgan fingerprint density at radius 1 is 1.17 bits per heavy atom. The van der Waals surface area contributed by atoms with Gasteiger partial charge in [0.1, 0.15) is 24.9 Å². The van der Waals surface area contributed by atoms with Crippen LogP contribution >= 0.6 is 0 Å². The van der Waals surface area contributed by atoms with Gasteiger partial charge in [0.15, 0.2) is 0 Å². The lowest BCUT2D eigenvalue weighted by atomic mass is 9.93. The lowest BCUT2D eigenvalue weighted by molar-refractivity contribution is -0.147. The van der Waals surface area contributed by atoms with Gasteiger partial charge in [-0.25, -0.2) is 14.6 Å². The van der Waals surface area contributed by atoms with E-state index in [2.05, 4.69) is 36.1 Å². The molecule has 10 heteroatoms. The number of carboxylic acids is 1. The number of carbonyl (C=O) groups is 3. The molecule has 1 aromatic heterocycles. The molecule has 2 heterocycles. The third-order valence-corrected chi connectivity index (χ3v) is 6.30. The van der Waals surface area contributed by atoms with Crippen LogP contribution in [0, 0.1) is 11.3 Å². The van der Waals surface area contributed by atoms with Gasteiger partial charge in [-0.2, -0.15) is 0 Å². The van der Waals surface area contributed by atoms with Crippen LogP contribution in [-0.4, -0.2) is 63.7 Å². The van der Waals surface area contributed by atoms with Crippen LogP contribution in [0.3, 0.4) is 0 Å². The van der Waals surface area contributed by atoms with Crippen molar-refractivity contribution in [1.82, 2.24) is 20.2 Å². The van der Waals surface area contributed by atoms with Gasteiger partial charge in [-0.15, -0.1) is 0 Å². The summed E-state index contributed by atoms with van der Waals surface area (Å²) in [5.41, 5.74) is 2.43. The fourth-order valence-corrected chi connectivity index (χ4v) is 4.26. The van der Waals surface area contributed by atoms with Crippen LogP contribution in [0.25, 0.3) is 28.4 Å². The Balaban J connectivity index is 0.00000114. The number of rotatable bonds is 8. The molecule has 0 spiro atoms. The van der Waals surface area contributed by atoms with E-state index < -0.39 is 29.4 Å². The van der Waals surface area contributed by atoms with E-state index in [-0.39, 0.29) is 18.7 Å². The van der Waals surface area contributed by atoms with Crippen LogP contribution < -0.4 is 10.9 Å². The average molecular weight is 577 g/mol. The molecule has 224 valence electrons. The van der Waals surface area contributed by atoms with E-state index in [4.69, 9.17) is 4.74 Å². The minimum absolute atomic E-state index is 0.0522. The Bertz CT molecular complexity index is 1490. The van der Waals surface area contributed by atoms with Crippen molar-refractivity contribution in [3.05, 3.63) is 70.5 Å². The van der Waals surface area contributed by atoms with Crippen LogP contribution in [0.15, 0.2) is 59.4 Å². The molecule has 0 aliphatic carbocycles. The molecule has 0 saturated carbocycles. The number of aromatic amines is 1. The van der Waals surface area contributed by atoms with E-state index in [0.29, 0.717) is 41.7 Å². The highest BCUT2D eigenvalue weighted by Crippen LogP contribution is 2.22. The molecule has 3 aromatic rings. The topological polar surface area (TPSA) is 142 Å². The van der Waals surface area contributed by atoms with Crippen molar-refractivity contribution in [3.63, 3.8) is 0 Å². The highest BCUT2D eigenvalue weighted by atomic mass is 16.5. The average Bonchev–Trinajstić information content (AvgIpc) is 3.44. The van der Waals surface area contributed by atoms with E-state index in [1.54, 1.807) is 6.07 Å². The lowest BCUT2D eigenvalue weighted by Crippen LogP contribution is -2.45. The first-order valence-electron chi connectivity index (χ1n) is 14.1. The molecule has 3 N–H and O–H groups in total. The number of alkyl carbamates (subject to hydrolysis) is 1. The van der Waals surface area contributed by atoms with Gasteiger partial charge < -0.3 is 25.0 Å². The summed E-state index contributed by atoms with van der Waals surface area (Å²) in [6.07, 6.45) is 4.04. The molecular weight excluding hydrogens is 536 g/mol. The van der Waals surface area contributed by atoms with Crippen molar-refractivity contribution in [2.45, 2.75) is 53.5 Å². The molecule has 1 aliphatic rings. The number of aromatic nitrogens is 2. The van der Waals surface area contributed by atoms with Gasteiger partial charge in [0.25, 0.3) is 5.56 Å². The van der Waals surface area contributed by atoms with Crippen molar-refractivity contribution in [1.29, 1.82) is 0 Å². The fourth-order valence-electron chi connectivity index (χ4n) is 4.26. The number of H-pyrrole nitrogens is 1. The summed E-state index contributed by atoms with van der Waals surface area (Å²) in [7, 11) is 0. The maximum Gasteiger partial charge on any atom is 0.407 e. The molecule has 1 unspecified atom stereocenters. The van der Waals surface area contributed by atoms with Gasteiger partial charge in [-0.05, 0) is 42.5 Å². The molecule has 0 bridgehead atoms.